The third-order valence-corrected chi connectivity index (χ3v) is 6.56. The molecule has 0 spiro atoms. The molecule has 1 N–H and O–H groups in total. The van der Waals surface area contributed by atoms with Crippen LogP contribution in [0.3, 0.4) is 0 Å². The van der Waals surface area contributed by atoms with Crippen LogP contribution >= 0.6 is 0 Å². The van der Waals surface area contributed by atoms with Crippen molar-refractivity contribution in [3.05, 3.63) is 87.1 Å². The second kappa shape index (κ2) is 9.09. The van der Waals surface area contributed by atoms with Crippen LogP contribution in [-0.2, 0) is 6.42 Å². The van der Waals surface area contributed by atoms with Gasteiger partial charge in [0.1, 0.15) is 17.7 Å². The molecule has 2 atom stereocenters. The SMILES string of the molecule is Cc1nnc2n1C(C)CN(C(=O)c1cc(Cc3n[nH]c(=O)c4ccccc34)ccc1F)C2CC(F)(F)F. The van der Waals surface area contributed by atoms with Crippen LogP contribution < -0.4 is 5.56 Å². The number of fused-ring (bicyclic) bond motifs is 2. The summed E-state index contributed by atoms with van der Waals surface area (Å²) in [5, 5.41) is 15.4. The van der Waals surface area contributed by atoms with E-state index in [1.165, 1.54) is 12.1 Å². The third kappa shape index (κ3) is 4.58. The molecule has 0 radical (unpaired) electrons. The van der Waals surface area contributed by atoms with Crippen molar-refractivity contribution in [2.75, 3.05) is 6.54 Å². The highest BCUT2D eigenvalue weighted by Crippen LogP contribution is 2.39. The fraction of sp³-hybridized carbons (Fsp3) is 0.320. The molecule has 12 heteroatoms. The second-order valence-corrected chi connectivity index (χ2v) is 9.15. The first-order chi connectivity index (χ1) is 17.5. The summed E-state index contributed by atoms with van der Waals surface area (Å²) in [5.74, 6) is -1.26. The lowest BCUT2D eigenvalue weighted by Crippen LogP contribution is -2.46. The Hall–Kier alpha value is -4.09. The minimum Gasteiger partial charge on any atom is -0.326 e. The van der Waals surface area contributed by atoms with Crippen molar-refractivity contribution < 1.29 is 22.4 Å². The number of aromatic amines is 1. The van der Waals surface area contributed by atoms with E-state index >= 15 is 0 Å². The van der Waals surface area contributed by atoms with E-state index in [-0.39, 0.29) is 29.9 Å². The number of benzene rings is 2. The Bertz CT molecular complexity index is 1560. The summed E-state index contributed by atoms with van der Waals surface area (Å²) in [6.45, 7) is 3.30. The molecule has 2 aromatic carbocycles. The largest absolute Gasteiger partial charge is 0.391 e. The molecule has 0 bridgehead atoms. The molecule has 3 heterocycles. The summed E-state index contributed by atoms with van der Waals surface area (Å²) in [7, 11) is 0. The number of aryl methyl sites for hydroxylation is 1. The van der Waals surface area contributed by atoms with Crippen LogP contribution in [0.25, 0.3) is 10.8 Å². The van der Waals surface area contributed by atoms with Crippen LogP contribution in [0.15, 0.2) is 47.3 Å². The van der Waals surface area contributed by atoms with Crippen LogP contribution in [-0.4, -0.2) is 48.5 Å². The summed E-state index contributed by atoms with van der Waals surface area (Å²) in [6, 6.07) is 8.91. The maximum atomic E-state index is 14.9. The van der Waals surface area contributed by atoms with E-state index in [4.69, 9.17) is 0 Å². The third-order valence-electron chi connectivity index (χ3n) is 6.56. The van der Waals surface area contributed by atoms with E-state index in [9.17, 15) is 27.2 Å². The lowest BCUT2D eigenvalue weighted by atomic mass is 10.00. The number of halogens is 4. The number of nitrogens with zero attached hydrogens (tertiary/aromatic N) is 5. The van der Waals surface area contributed by atoms with Gasteiger partial charge < -0.3 is 9.47 Å². The highest BCUT2D eigenvalue weighted by atomic mass is 19.4. The Balaban J connectivity index is 1.52. The number of amides is 1. The fourth-order valence-electron chi connectivity index (χ4n) is 4.94. The smallest absolute Gasteiger partial charge is 0.326 e. The lowest BCUT2D eigenvalue weighted by molar-refractivity contribution is -0.148. The first-order valence-electron chi connectivity index (χ1n) is 11.6. The molecule has 1 aliphatic rings. The summed E-state index contributed by atoms with van der Waals surface area (Å²) < 4.78 is 57.1. The maximum Gasteiger partial charge on any atom is 0.391 e. The average Bonchev–Trinajstić information content (AvgIpc) is 3.25. The molecule has 0 fully saturated rings. The first-order valence-corrected chi connectivity index (χ1v) is 11.6. The van der Waals surface area contributed by atoms with E-state index in [1.54, 1.807) is 42.7 Å². The van der Waals surface area contributed by atoms with Gasteiger partial charge in [-0.2, -0.15) is 18.3 Å². The van der Waals surface area contributed by atoms with E-state index in [1.807, 2.05) is 0 Å². The van der Waals surface area contributed by atoms with Gasteiger partial charge in [-0.15, -0.1) is 10.2 Å². The summed E-state index contributed by atoms with van der Waals surface area (Å²) in [5.41, 5.74) is 0.304. The first kappa shape index (κ1) is 24.6. The molecule has 2 unspecified atom stereocenters. The molecule has 1 amide bonds. The van der Waals surface area contributed by atoms with Crippen LogP contribution in [0.2, 0.25) is 0 Å². The van der Waals surface area contributed by atoms with E-state index in [2.05, 4.69) is 20.4 Å². The quantitative estimate of drug-likeness (QED) is 0.411. The number of carbonyl (C=O) groups excluding carboxylic acids is 1. The monoisotopic (exact) mass is 514 g/mol. The van der Waals surface area contributed by atoms with Gasteiger partial charge >= 0.3 is 6.18 Å². The van der Waals surface area contributed by atoms with Gasteiger partial charge in [-0.25, -0.2) is 9.49 Å². The van der Waals surface area contributed by atoms with Gasteiger partial charge in [0.05, 0.1) is 29.1 Å². The van der Waals surface area contributed by atoms with Crippen molar-refractivity contribution in [1.29, 1.82) is 0 Å². The van der Waals surface area contributed by atoms with Gasteiger partial charge in [-0.1, -0.05) is 24.3 Å². The molecular weight excluding hydrogens is 492 g/mol. The fourth-order valence-corrected chi connectivity index (χ4v) is 4.94. The number of nitrogens with one attached hydrogen (secondary N) is 1. The molecule has 8 nitrogen and oxygen atoms in total. The number of alkyl halides is 3. The van der Waals surface area contributed by atoms with Crippen LogP contribution in [0.1, 0.15) is 58.7 Å². The van der Waals surface area contributed by atoms with Crippen LogP contribution in [0, 0.1) is 12.7 Å². The summed E-state index contributed by atoms with van der Waals surface area (Å²) >= 11 is 0. The topological polar surface area (TPSA) is 96.8 Å². The molecule has 192 valence electrons. The highest BCUT2D eigenvalue weighted by Gasteiger charge is 2.44. The zero-order valence-corrected chi connectivity index (χ0v) is 19.9. The summed E-state index contributed by atoms with van der Waals surface area (Å²) in [4.78, 5) is 26.6. The van der Waals surface area contributed by atoms with E-state index < -0.39 is 36.4 Å². The number of aromatic nitrogens is 5. The molecular formula is C25H22F4N6O2. The molecule has 0 saturated heterocycles. The Labute approximate surface area is 207 Å². The Morgan fingerprint density at radius 3 is 2.59 bits per heavy atom. The van der Waals surface area contributed by atoms with Gasteiger partial charge in [0.25, 0.3) is 11.5 Å². The molecule has 37 heavy (non-hydrogen) atoms. The lowest BCUT2D eigenvalue weighted by Gasteiger charge is -2.39. The Morgan fingerprint density at radius 1 is 1.14 bits per heavy atom. The van der Waals surface area contributed by atoms with Crippen molar-refractivity contribution in [3.63, 3.8) is 0 Å². The average molecular weight is 514 g/mol. The molecule has 2 aromatic heterocycles. The molecule has 5 rings (SSSR count). The molecule has 4 aromatic rings. The van der Waals surface area contributed by atoms with E-state index in [0.717, 1.165) is 11.0 Å². The molecule has 1 aliphatic heterocycles. The van der Waals surface area contributed by atoms with Crippen molar-refractivity contribution in [1.82, 2.24) is 29.9 Å². The van der Waals surface area contributed by atoms with Crippen molar-refractivity contribution in [2.45, 2.75) is 44.9 Å². The van der Waals surface area contributed by atoms with Crippen molar-refractivity contribution in [3.8, 4) is 0 Å². The number of hydrogen-bond donors (Lipinski definition) is 1. The normalized spacial score (nSPS) is 17.7. The van der Waals surface area contributed by atoms with Crippen molar-refractivity contribution in [2.24, 2.45) is 0 Å². The number of rotatable bonds is 4. The number of H-pyrrole nitrogens is 1. The zero-order chi connectivity index (χ0) is 26.5. The Kier molecular flexibility index (Phi) is 6.04. The van der Waals surface area contributed by atoms with Gasteiger partial charge in [0, 0.05) is 18.4 Å². The highest BCUT2D eigenvalue weighted by molar-refractivity contribution is 5.95. The van der Waals surface area contributed by atoms with Crippen LogP contribution in [0.5, 0.6) is 0 Å². The van der Waals surface area contributed by atoms with Gasteiger partial charge in [-0.3, -0.25) is 9.59 Å². The van der Waals surface area contributed by atoms with Gasteiger partial charge in [0.2, 0.25) is 0 Å². The van der Waals surface area contributed by atoms with Crippen molar-refractivity contribution >= 4 is 16.7 Å². The second-order valence-electron chi connectivity index (χ2n) is 9.15. The van der Waals surface area contributed by atoms with Gasteiger partial charge in [0.15, 0.2) is 5.82 Å². The van der Waals surface area contributed by atoms with E-state index in [0.29, 0.717) is 27.9 Å². The zero-order valence-electron chi connectivity index (χ0n) is 19.9. The van der Waals surface area contributed by atoms with Crippen LogP contribution in [0.4, 0.5) is 17.6 Å². The predicted octanol–water partition coefficient (Wildman–Crippen LogP) is 4.26. The molecule has 0 aliphatic carbocycles. The minimum atomic E-state index is -4.59. The number of carbonyl (C=O) groups is 1. The Morgan fingerprint density at radius 2 is 1.86 bits per heavy atom. The standard InChI is InChI=1S/C25H22F4N6O2/c1-13-12-34(21(11-25(27,28)29)22-32-30-14(2)35(13)22)24(37)18-9-15(7-8-19(18)26)10-20-16-5-3-4-6-17(16)23(36)33-31-20/h3-9,13,21H,10-12H2,1-2H3,(H,33,36). The number of hydrogen-bond acceptors (Lipinski definition) is 5. The summed E-state index contributed by atoms with van der Waals surface area (Å²) in [6.07, 6.45) is -5.77. The maximum absolute atomic E-state index is 14.9. The molecule has 0 saturated carbocycles. The minimum absolute atomic E-state index is 0.0161. The van der Waals surface area contributed by atoms with Gasteiger partial charge in [-0.05, 0) is 37.6 Å². The predicted molar refractivity (Wildman–Crippen MR) is 125 cm³/mol.